The van der Waals surface area contributed by atoms with E-state index in [0.717, 1.165) is 23.5 Å². The molecule has 1 aliphatic carbocycles. The van der Waals surface area contributed by atoms with Gasteiger partial charge in [0.2, 0.25) is 0 Å². The predicted octanol–water partition coefficient (Wildman–Crippen LogP) is 2.64. The van der Waals surface area contributed by atoms with Crippen LogP contribution in [0.3, 0.4) is 0 Å². The molecular formula is C12H13ClN4S. The largest absolute Gasteiger partial charge is 0.393 e. The molecule has 1 saturated carbocycles. The minimum absolute atomic E-state index is 0.521. The van der Waals surface area contributed by atoms with Gasteiger partial charge in [0.1, 0.15) is 11.3 Å². The first-order valence-electron chi connectivity index (χ1n) is 5.95. The number of rotatable bonds is 4. The average Bonchev–Trinajstić information content (AvgIpc) is 3.09. The molecule has 1 aliphatic rings. The number of nitrogens with zero attached hydrogens (tertiary/aromatic N) is 3. The maximum Gasteiger partial charge on any atom is 0.160 e. The van der Waals surface area contributed by atoms with Crippen molar-refractivity contribution in [3.05, 3.63) is 23.1 Å². The van der Waals surface area contributed by atoms with E-state index in [2.05, 4.69) is 14.5 Å². The van der Waals surface area contributed by atoms with E-state index in [0.29, 0.717) is 22.3 Å². The lowest BCUT2D eigenvalue weighted by atomic mass is 10.3. The van der Waals surface area contributed by atoms with Gasteiger partial charge < -0.3 is 10.3 Å². The average molecular weight is 281 g/mol. The Hall–Kier alpha value is -1.20. The zero-order chi connectivity index (χ0) is 12.7. The molecule has 1 fully saturated rings. The molecule has 0 aromatic carbocycles. The van der Waals surface area contributed by atoms with Gasteiger partial charge in [-0.1, -0.05) is 23.8 Å². The lowest BCUT2D eigenvalue weighted by Crippen LogP contribution is -2.13. The Balaban J connectivity index is 2.06. The third-order valence-corrected chi connectivity index (χ3v) is 3.52. The van der Waals surface area contributed by atoms with E-state index in [4.69, 9.17) is 29.6 Å². The Kier molecular flexibility index (Phi) is 2.95. The van der Waals surface area contributed by atoms with Crippen molar-refractivity contribution in [3.63, 3.8) is 0 Å². The summed E-state index contributed by atoms with van der Waals surface area (Å²) in [5, 5.41) is 0.615. The van der Waals surface area contributed by atoms with Crippen molar-refractivity contribution < 1.29 is 0 Å². The molecule has 0 amide bonds. The van der Waals surface area contributed by atoms with E-state index in [1.54, 1.807) is 6.20 Å². The Bertz CT molecular complexity index is 618. The van der Waals surface area contributed by atoms with Crippen molar-refractivity contribution in [2.45, 2.75) is 31.7 Å². The number of imidazole rings is 1. The first-order valence-corrected chi connectivity index (χ1v) is 6.74. The van der Waals surface area contributed by atoms with Gasteiger partial charge in [0.15, 0.2) is 5.65 Å². The summed E-state index contributed by atoms with van der Waals surface area (Å²) in [6.45, 7) is 0.742. The van der Waals surface area contributed by atoms with Crippen LogP contribution in [-0.2, 0) is 6.54 Å². The van der Waals surface area contributed by atoms with Crippen LogP contribution in [0, 0.1) is 0 Å². The van der Waals surface area contributed by atoms with Crippen LogP contribution in [0.1, 0.15) is 31.0 Å². The van der Waals surface area contributed by atoms with Crippen molar-refractivity contribution in [3.8, 4) is 0 Å². The number of pyridine rings is 1. The maximum absolute atomic E-state index is 5.95. The number of thiocarbonyl (C=S) groups is 1. The van der Waals surface area contributed by atoms with Gasteiger partial charge in [0, 0.05) is 25.1 Å². The second kappa shape index (κ2) is 4.48. The molecule has 0 aliphatic heterocycles. The number of aryl methyl sites for hydroxylation is 1. The van der Waals surface area contributed by atoms with E-state index in [9.17, 15) is 0 Å². The molecule has 3 rings (SSSR count). The highest BCUT2D eigenvalue weighted by Gasteiger charge is 2.29. The quantitative estimate of drug-likeness (QED) is 0.875. The van der Waals surface area contributed by atoms with Gasteiger partial charge in [-0.15, -0.1) is 0 Å². The topological polar surface area (TPSA) is 56.7 Å². The lowest BCUT2D eigenvalue weighted by molar-refractivity contribution is 0.688. The SMILES string of the molecule is NC(=S)CCn1c(C2CC2)nc2cc(Cl)cnc21. The van der Waals surface area contributed by atoms with Crippen LogP contribution in [0.2, 0.25) is 5.02 Å². The molecule has 2 aromatic rings. The van der Waals surface area contributed by atoms with Gasteiger partial charge in [-0.2, -0.15) is 0 Å². The number of nitrogens with two attached hydrogens (primary N) is 1. The summed E-state index contributed by atoms with van der Waals surface area (Å²) in [6, 6.07) is 1.85. The van der Waals surface area contributed by atoms with E-state index in [1.165, 1.54) is 12.8 Å². The fraction of sp³-hybridized carbons (Fsp3) is 0.417. The highest BCUT2D eigenvalue weighted by molar-refractivity contribution is 7.80. The molecule has 0 saturated heterocycles. The number of aromatic nitrogens is 3. The van der Waals surface area contributed by atoms with Gasteiger partial charge >= 0.3 is 0 Å². The number of hydrogen-bond donors (Lipinski definition) is 1. The summed E-state index contributed by atoms with van der Waals surface area (Å²) in [4.78, 5) is 9.54. The molecule has 6 heteroatoms. The van der Waals surface area contributed by atoms with Crippen molar-refractivity contribution in [1.29, 1.82) is 0 Å². The summed E-state index contributed by atoms with van der Waals surface area (Å²) < 4.78 is 2.13. The second-order valence-corrected chi connectivity index (χ2v) is 5.57. The smallest absolute Gasteiger partial charge is 0.160 e. The third kappa shape index (κ3) is 2.20. The van der Waals surface area contributed by atoms with Crippen LogP contribution >= 0.6 is 23.8 Å². The summed E-state index contributed by atoms with van der Waals surface area (Å²) in [7, 11) is 0. The van der Waals surface area contributed by atoms with Crippen LogP contribution in [0.25, 0.3) is 11.2 Å². The fourth-order valence-corrected chi connectivity index (χ4v) is 2.34. The zero-order valence-corrected chi connectivity index (χ0v) is 11.3. The Morgan fingerprint density at radius 3 is 3.00 bits per heavy atom. The van der Waals surface area contributed by atoms with Crippen molar-refractivity contribution in [2.24, 2.45) is 5.73 Å². The molecule has 0 atom stereocenters. The van der Waals surface area contributed by atoms with Gasteiger partial charge in [0.05, 0.1) is 10.0 Å². The standard InChI is InChI=1S/C12H13ClN4S/c13-8-5-9-12(15-6-8)17(4-3-10(14)18)11(16-9)7-1-2-7/h5-7H,1-4H2,(H2,14,18). The van der Waals surface area contributed by atoms with Gasteiger partial charge in [0.25, 0.3) is 0 Å². The van der Waals surface area contributed by atoms with Gasteiger partial charge in [-0.25, -0.2) is 9.97 Å². The fourth-order valence-electron chi connectivity index (χ4n) is 2.10. The van der Waals surface area contributed by atoms with Crippen LogP contribution in [-0.4, -0.2) is 19.5 Å². The first kappa shape index (κ1) is 11.9. The minimum atomic E-state index is 0.521. The molecule has 18 heavy (non-hydrogen) atoms. The molecule has 4 nitrogen and oxygen atoms in total. The number of halogens is 1. The second-order valence-electron chi connectivity index (χ2n) is 4.61. The monoisotopic (exact) mass is 280 g/mol. The van der Waals surface area contributed by atoms with Crippen molar-refractivity contribution in [1.82, 2.24) is 14.5 Å². The summed E-state index contributed by atoms with van der Waals surface area (Å²) >= 11 is 10.9. The number of fused-ring (bicyclic) bond motifs is 1. The van der Waals surface area contributed by atoms with Crippen molar-refractivity contribution >= 4 is 40.0 Å². The molecule has 0 radical (unpaired) electrons. The van der Waals surface area contributed by atoms with Crippen molar-refractivity contribution in [2.75, 3.05) is 0 Å². The molecule has 2 aromatic heterocycles. The van der Waals surface area contributed by atoms with Gasteiger partial charge in [-0.05, 0) is 18.9 Å². The highest BCUT2D eigenvalue weighted by Crippen LogP contribution is 2.40. The molecule has 0 unspecified atom stereocenters. The Morgan fingerprint density at radius 2 is 2.33 bits per heavy atom. The summed E-state index contributed by atoms with van der Waals surface area (Å²) in [6.07, 6.45) is 4.72. The van der Waals surface area contributed by atoms with Gasteiger partial charge in [-0.3, -0.25) is 0 Å². The highest BCUT2D eigenvalue weighted by atomic mass is 35.5. The summed E-state index contributed by atoms with van der Waals surface area (Å²) in [5.74, 6) is 1.65. The first-order chi connectivity index (χ1) is 8.65. The van der Waals surface area contributed by atoms with E-state index >= 15 is 0 Å². The summed E-state index contributed by atoms with van der Waals surface area (Å²) in [5.41, 5.74) is 7.30. The van der Waals surface area contributed by atoms with Crippen LogP contribution in [0.5, 0.6) is 0 Å². The van der Waals surface area contributed by atoms with E-state index < -0.39 is 0 Å². The molecule has 2 N–H and O–H groups in total. The van der Waals surface area contributed by atoms with E-state index in [-0.39, 0.29) is 0 Å². The molecular weight excluding hydrogens is 268 g/mol. The maximum atomic E-state index is 5.95. The Morgan fingerprint density at radius 1 is 1.56 bits per heavy atom. The zero-order valence-electron chi connectivity index (χ0n) is 9.77. The predicted molar refractivity (Wildman–Crippen MR) is 75.9 cm³/mol. The molecule has 94 valence electrons. The van der Waals surface area contributed by atoms with Crippen LogP contribution in [0.4, 0.5) is 0 Å². The van der Waals surface area contributed by atoms with Crippen LogP contribution < -0.4 is 5.73 Å². The van der Waals surface area contributed by atoms with E-state index in [1.807, 2.05) is 6.07 Å². The molecule has 2 heterocycles. The lowest BCUT2D eigenvalue weighted by Gasteiger charge is -2.06. The number of hydrogen-bond acceptors (Lipinski definition) is 3. The molecule has 0 bridgehead atoms. The Labute approximate surface area is 115 Å². The molecule has 0 spiro atoms. The normalized spacial score (nSPS) is 15.2. The third-order valence-electron chi connectivity index (χ3n) is 3.11. The van der Waals surface area contributed by atoms with Crippen LogP contribution in [0.15, 0.2) is 12.3 Å². The minimum Gasteiger partial charge on any atom is -0.393 e.